The quantitative estimate of drug-likeness (QED) is 0.611. The molecule has 1 atom stereocenters. The summed E-state index contributed by atoms with van der Waals surface area (Å²) < 4.78 is 0. The largest absolute Gasteiger partial charge is 0.0766 e. The lowest BCUT2D eigenvalue weighted by Gasteiger charge is -2.17. The van der Waals surface area contributed by atoms with Crippen molar-refractivity contribution in [2.24, 2.45) is 0 Å². The van der Waals surface area contributed by atoms with Gasteiger partial charge in [0.15, 0.2) is 0 Å². The Morgan fingerprint density at radius 2 is 1.71 bits per heavy atom. The Kier molecular flexibility index (Phi) is 3.94. The molecule has 0 bridgehead atoms. The summed E-state index contributed by atoms with van der Waals surface area (Å²) in [5.41, 5.74) is 4.45. The fourth-order valence-corrected chi connectivity index (χ4v) is 2.04. The van der Waals surface area contributed by atoms with E-state index in [9.17, 15) is 0 Å². The summed E-state index contributed by atoms with van der Waals surface area (Å²) in [6.45, 7) is 8.94. The third-order valence-electron chi connectivity index (χ3n) is 2.85. The third kappa shape index (κ3) is 2.47. The third-order valence-corrected chi connectivity index (χ3v) is 2.85. The Balaban J connectivity index is 2.96. The van der Waals surface area contributed by atoms with Crippen LogP contribution in [0.1, 0.15) is 45.6 Å². The van der Waals surface area contributed by atoms with E-state index in [1.165, 1.54) is 11.1 Å². The fourth-order valence-electron chi connectivity index (χ4n) is 2.04. The molecule has 0 aliphatic carbocycles. The van der Waals surface area contributed by atoms with Crippen molar-refractivity contribution in [3.8, 4) is 0 Å². The maximum atomic E-state index is 2.29. The number of allylic oxidation sites excluding steroid dienone is 2. The Morgan fingerprint density at radius 1 is 1.14 bits per heavy atom. The minimum absolute atomic E-state index is 0.561. The maximum absolute atomic E-state index is 2.29. The molecule has 0 amide bonds. The monoisotopic (exact) mass is 188 g/mol. The van der Waals surface area contributed by atoms with Crippen molar-refractivity contribution in [3.05, 3.63) is 47.0 Å². The summed E-state index contributed by atoms with van der Waals surface area (Å²) in [5, 5.41) is 0. The average Bonchev–Trinajstić information content (AvgIpc) is 2.19. The molecule has 76 valence electrons. The summed E-state index contributed by atoms with van der Waals surface area (Å²) in [7, 11) is 0. The molecule has 0 heteroatoms. The normalized spacial score (nSPS) is 12.3. The first-order valence-corrected chi connectivity index (χ1v) is 5.38. The molecular weight excluding hydrogens is 168 g/mol. The number of hydrogen-bond acceptors (Lipinski definition) is 0. The lowest BCUT2D eigenvalue weighted by molar-refractivity contribution is 0.819. The summed E-state index contributed by atoms with van der Waals surface area (Å²) in [5.74, 6) is 0.561. The molecule has 0 heterocycles. The van der Waals surface area contributed by atoms with Gasteiger partial charge in [0, 0.05) is 5.92 Å². The first kappa shape index (κ1) is 11.0. The van der Waals surface area contributed by atoms with Crippen molar-refractivity contribution >= 4 is 0 Å². The Morgan fingerprint density at radius 3 is 2.14 bits per heavy atom. The molecule has 0 aliphatic rings. The molecule has 0 aromatic heterocycles. The fraction of sp³-hybridized carbons (Fsp3) is 0.429. The van der Waals surface area contributed by atoms with Crippen LogP contribution in [0.4, 0.5) is 0 Å². The highest BCUT2D eigenvalue weighted by molar-refractivity contribution is 5.29. The predicted octanol–water partition coefficient (Wildman–Crippen LogP) is 4.54. The highest BCUT2D eigenvalue weighted by Crippen LogP contribution is 2.28. The molecule has 0 spiro atoms. The van der Waals surface area contributed by atoms with Gasteiger partial charge in [0.25, 0.3) is 0 Å². The average molecular weight is 188 g/mol. The van der Waals surface area contributed by atoms with Crippen molar-refractivity contribution in [1.29, 1.82) is 0 Å². The Labute approximate surface area is 87.7 Å². The van der Waals surface area contributed by atoms with E-state index in [1.807, 2.05) is 0 Å². The molecule has 0 fully saturated rings. The lowest BCUT2D eigenvalue weighted by Crippen LogP contribution is -1.98. The number of hydrogen-bond donors (Lipinski definition) is 0. The van der Waals surface area contributed by atoms with Crippen LogP contribution in [0.3, 0.4) is 0 Å². The van der Waals surface area contributed by atoms with Crippen LogP contribution in [0, 0.1) is 0 Å². The van der Waals surface area contributed by atoms with Gasteiger partial charge in [0.2, 0.25) is 0 Å². The second-order valence-electron chi connectivity index (χ2n) is 4.01. The highest BCUT2D eigenvalue weighted by Gasteiger charge is 2.09. The van der Waals surface area contributed by atoms with E-state index in [0.717, 1.165) is 6.42 Å². The van der Waals surface area contributed by atoms with Crippen LogP contribution in [0.2, 0.25) is 0 Å². The van der Waals surface area contributed by atoms with Gasteiger partial charge in [0.05, 0.1) is 0 Å². The summed E-state index contributed by atoms with van der Waals surface area (Å²) in [6, 6.07) is 10.7. The van der Waals surface area contributed by atoms with Gasteiger partial charge in [-0.2, -0.15) is 0 Å². The summed E-state index contributed by atoms with van der Waals surface area (Å²) >= 11 is 0. The van der Waals surface area contributed by atoms with Gasteiger partial charge in [-0.1, -0.05) is 55.3 Å². The van der Waals surface area contributed by atoms with E-state index in [4.69, 9.17) is 0 Å². The zero-order chi connectivity index (χ0) is 10.6. The van der Waals surface area contributed by atoms with Crippen LogP contribution in [-0.2, 0) is 0 Å². The lowest BCUT2D eigenvalue weighted by atomic mass is 9.89. The van der Waals surface area contributed by atoms with Crippen LogP contribution < -0.4 is 0 Å². The van der Waals surface area contributed by atoms with Gasteiger partial charge >= 0.3 is 0 Å². The predicted molar refractivity (Wildman–Crippen MR) is 63.5 cm³/mol. The first-order chi connectivity index (χ1) is 6.66. The Bertz CT molecular complexity index is 302. The molecule has 0 nitrogen and oxygen atoms in total. The van der Waals surface area contributed by atoms with E-state index in [1.54, 1.807) is 5.57 Å². The molecule has 1 unspecified atom stereocenters. The van der Waals surface area contributed by atoms with Crippen molar-refractivity contribution in [2.75, 3.05) is 0 Å². The van der Waals surface area contributed by atoms with Crippen molar-refractivity contribution in [1.82, 2.24) is 0 Å². The molecule has 14 heavy (non-hydrogen) atoms. The molecule has 0 aliphatic heterocycles. The molecule has 1 rings (SSSR count). The first-order valence-electron chi connectivity index (χ1n) is 5.38. The van der Waals surface area contributed by atoms with Gasteiger partial charge < -0.3 is 0 Å². The summed E-state index contributed by atoms with van der Waals surface area (Å²) in [4.78, 5) is 0. The zero-order valence-electron chi connectivity index (χ0n) is 9.67. The van der Waals surface area contributed by atoms with Crippen LogP contribution in [-0.4, -0.2) is 0 Å². The van der Waals surface area contributed by atoms with Crippen LogP contribution >= 0.6 is 0 Å². The van der Waals surface area contributed by atoms with Crippen LogP contribution in [0.15, 0.2) is 41.5 Å². The SMILES string of the molecule is CCC(=C(C)C)C(C)c1ccccc1. The molecule has 0 radical (unpaired) electrons. The molecular formula is C14H20. The molecule has 1 aromatic rings. The van der Waals surface area contributed by atoms with Crippen LogP contribution in [0.25, 0.3) is 0 Å². The van der Waals surface area contributed by atoms with Gasteiger partial charge in [0.1, 0.15) is 0 Å². The van der Waals surface area contributed by atoms with Gasteiger partial charge in [-0.25, -0.2) is 0 Å². The second kappa shape index (κ2) is 4.99. The van der Waals surface area contributed by atoms with Crippen molar-refractivity contribution < 1.29 is 0 Å². The number of rotatable bonds is 3. The van der Waals surface area contributed by atoms with Gasteiger partial charge in [-0.05, 0) is 25.8 Å². The zero-order valence-corrected chi connectivity index (χ0v) is 9.67. The van der Waals surface area contributed by atoms with Gasteiger partial charge in [-0.3, -0.25) is 0 Å². The van der Waals surface area contributed by atoms with E-state index in [0.29, 0.717) is 5.92 Å². The standard InChI is InChI=1S/C14H20/c1-5-14(11(2)3)12(4)13-9-7-6-8-10-13/h6-10,12H,5H2,1-4H3. The smallest absolute Gasteiger partial charge is 0.00221 e. The molecule has 0 saturated carbocycles. The van der Waals surface area contributed by atoms with Crippen molar-refractivity contribution in [3.63, 3.8) is 0 Å². The minimum Gasteiger partial charge on any atom is -0.0766 e. The molecule has 1 aromatic carbocycles. The topological polar surface area (TPSA) is 0 Å². The molecule has 0 N–H and O–H groups in total. The van der Waals surface area contributed by atoms with E-state index < -0.39 is 0 Å². The van der Waals surface area contributed by atoms with E-state index >= 15 is 0 Å². The molecule has 0 saturated heterocycles. The summed E-state index contributed by atoms with van der Waals surface area (Å²) in [6.07, 6.45) is 1.15. The van der Waals surface area contributed by atoms with E-state index in [2.05, 4.69) is 58.0 Å². The highest BCUT2D eigenvalue weighted by atomic mass is 14.1. The Hall–Kier alpha value is -1.04. The maximum Gasteiger partial charge on any atom is 0.00221 e. The van der Waals surface area contributed by atoms with Gasteiger partial charge in [-0.15, -0.1) is 0 Å². The van der Waals surface area contributed by atoms with E-state index in [-0.39, 0.29) is 0 Å². The van der Waals surface area contributed by atoms with Crippen molar-refractivity contribution in [2.45, 2.75) is 40.0 Å². The number of benzene rings is 1. The minimum atomic E-state index is 0.561. The second-order valence-corrected chi connectivity index (χ2v) is 4.01. The van der Waals surface area contributed by atoms with Crippen LogP contribution in [0.5, 0.6) is 0 Å².